The summed E-state index contributed by atoms with van der Waals surface area (Å²) in [6, 6.07) is 14.3. The van der Waals surface area contributed by atoms with Crippen LogP contribution in [0.5, 0.6) is 0 Å². The van der Waals surface area contributed by atoms with Crippen LogP contribution < -0.4 is 11.5 Å². The van der Waals surface area contributed by atoms with Gasteiger partial charge in [0.25, 0.3) is 0 Å². The molecule has 0 spiro atoms. The number of esters is 2. The lowest BCUT2D eigenvalue weighted by Gasteiger charge is -2.35. The molecule has 4 N–H and O–H groups in total. The molecule has 2 aliphatic heterocycles. The van der Waals surface area contributed by atoms with Crippen molar-refractivity contribution in [2.75, 3.05) is 40.4 Å². The van der Waals surface area contributed by atoms with Crippen LogP contribution in [0.25, 0.3) is 11.1 Å². The average Bonchev–Trinajstić information content (AvgIpc) is 2.92. The molecule has 2 aliphatic rings. The summed E-state index contributed by atoms with van der Waals surface area (Å²) < 4.78 is 10.1. The molecule has 0 radical (unpaired) electrons. The van der Waals surface area contributed by atoms with E-state index in [1.54, 1.807) is 0 Å². The number of ether oxygens (including phenoxy) is 2. The van der Waals surface area contributed by atoms with Gasteiger partial charge in [-0.05, 0) is 72.7 Å². The molecule has 0 amide bonds. The molecule has 8 nitrogen and oxygen atoms in total. The van der Waals surface area contributed by atoms with Crippen LogP contribution in [0.15, 0.2) is 42.5 Å². The van der Waals surface area contributed by atoms with Gasteiger partial charge in [0.05, 0.1) is 20.6 Å². The first kappa shape index (κ1) is 27.3. The van der Waals surface area contributed by atoms with Crippen LogP contribution in [-0.4, -0.2) is 74.2 Å². The maximum atomic E-state index is 12.9. The number of hydrogen-bond acceptors (Lipinski definition) is 8. The van der Waals surface area contributed by atoms with Gasteiger partial charge in [0, 0.05) is 31.7 Å². The van der Waals surface area contributed by atoms with Gasteiger partial charge in [-0.3, -0.25) is 14.6 Å². The highest BCUT2D eigenvalue weighted by Crippen LogP contribution is 2.32. The summed E-state index contributed by atoms with van der Waals surface area (Å²) in [5, 5.41) is 0. The van der Waals surface area contributed by atoms with E-state index in [1.807, 2.05) is 18.2 Å². The Hall–Kier alpha value is -2.78. The molecule has 2 fully saturated rings. The van der Waals surface area contributed by atoms with Crippen molar-refractivity contribution < 1.29 is 19.1 Å². The van der Waals surface area contributed by atoms with Crippen molar-refractivity contribution >= 4 is 11.9 Å². The third-order valence-electron chi connectivity index (χ3n) is 7.65. The summed E-state index contributed by atoms with van der Waals surface area (Å²) in [6.07, 6.45) is 3.90. The molecule has 0 saturated carbocycles. The number of carbonyl (C=O) groups excluding carboxylic acids is 2. The van der Waals surface area contributed by atoms with E-state index in [0.717, 1.165) is 80.7 Å². The lowest BCUT2D eigenvalue weighted by Crippen LogP contribution is -2.44. The Morgan fingerprint density at radius 1 is 0.919 bits per heavy atom. The number of hydrogen-bond donors (Lipinski definition) is 2. The van der Waals surface area contributed by atoms with E-state index < -0.39 is 6.04 Å². The van der Waals surface area contributed by atoms with E-state index >= 15 is 0 Å². The highest BCUT2D eigenvalue weighted by Gasteiger charge is 2.31. The molecule has 37 heavy (non-hydrogen) atoms. The zero-order valence-corrected chi connectivity index (χ0v) is 22.0. The summed E-state index contributed by atoms with van der Waals surface area (Å²) in [7, 11) is 2.84. The first-order chi connectivity index (χ1) is 17.9. The number of nitrogens with zero attached hydrogens (tertiary/aromatic N) is 2. The van der Waals surface area contributed by atoms with Gasteiger partial charge in [-0.2, -0.15) is 0 Å². The second-order valence-corrected chi connectivity index (χ2v) is 10.3. The van der Waals surface area contributed by atoms with Crippen molar-refractivity contribution in [2.24, 2.45) is 11.5 Å². The molecule has 1 atom stereocenters. The van der Waals surface area contributed by atoms with Crippen LogP contribution in [0, 0.1) is 0 Å². The van der Waals surface area contributed by atoms with Crippen LogP contribution >= 0.6 is 0 Å². The fraction of sp³-hybridized carbons (Fsp3) is 0.517. The monoisotopic (exact) mass is 508 g/mol. The molecule has 2 aromatic carbocycles. The largest absolute Gasteiger partial charge is 0.469 e. The van der Waals surface area contributed by atoms with E-state index in [9.17, 15) is 9.59 Å². The van der Waals surface area contributed by atoms with Gasteiger partial charge < -0.3 is 20.9 Å². The van der Waals surface area contributed by atoms with E-state index in [2.05, 4.69) is 34.1 Å². The molecule has 1 unspecified atom stereocenters. The summed E-state index contributed by atoms with van der Waals surface area (Å²) in [5.74, 6) is -0.538. The number of likely N-dealkylation sites (tertiary alicyclic amines) is 2. The van der Waals surface area contributed by atoms with Crippen LogP contribution in [0.4, 0.5) is 0 Å². The summed E-state index contributed by atoms with van der Waals surface area (Å²) >= 11 is 0. The smallest absolute Gasteiger partial charge is 0.327 e. The van der Waals surface area contributed by atoms with E-state index in [4.69, 9.17) is 20.9 Å². The molecule has 0 aromatic heterocycles. The molecule has 2 aromatic rings. The topological polar surface area (TPSA) is 111 Å². The van der Waals surface area contributed by atoms with Crippen molar-refractivity contribution in [1.29, 1.82) is 0 Å². The third kappa shape index (κ3) is 6.96. The van der Waals surface area contributed by atoms with Gasteiger partial charge >= 0.3 is 11.9 Å². The maximum Gasteiger partial charge on any atom is 0.327 e. The number of carbonyl (C=O) groups is 2. The normalized spacial score (nSPS) is 18.9. The van der Waals surface area contributed by atoms with Gasteiger partial charge in [-0.25, -0.2) is 4.79 Å². The second-order valence-electron chi connectivity index (χ2n) is 10.3. The molecule has 8 heteroatoms. The molecule has 0 aliphatic carbocycles. The SMILES string of the molecule is COC(=O)Cc1ccc(CN2CCC(N)CC2)c(-c2cccc(C(C(=O)OC)N3CCC(N)CC3)c2)c1. The molecule has 4 rings (SSSR count). The van der Waals surface area contributed by atoms with Gasteiger partial charge in [0.1, 0.15) is 6.04 Å². The van der Waals surface area contributed by atoms with Gasteiger partial charge in [-0.15, -0.1) is 0 Å². The van der Waals surface area contributed by atoms with Crippen molar-refractivity contribution in [3.63, 3.8) is 0 Å². The molecule has 2 saturated heterocycles. The zero-order valence-electron chi connectivity index (χ0n) is 22.0. The number of rotatable bonds is 8. The zero-order chi connectivity index (χ0) is 26.4. The van der Waals surface area contributed by atoms with Crippen LogP contribution in [0.3, 0.4) is 0 Å². The lowest BCUT2D eigenvalue weighted by atomic mass is 9.92. The Morgan fingerprint density at radius 2 is 1.59 bits per heavy atom. The third-order valence-corrected chi connectivity index (χ3v) is 7.65. The fourth-order valence-corrected chi connectivity index (χ4v) is 5.39. The second kappa shape index (κ2) is 12.6. The Balaban J connectivity index is 1.68. The summed E-state index contributed by atoms with van der Waals surface area (Å²) in [4.78, 5) is 29.5. The minimum absolute atomic E-state index is 0.172. The average molecular weight is 509 g/mol. The molecule has 0 bridgehead atoms. The lowest BCUT2D eigenvalue weighted by molar-refractivity contribution is -0.148. The Bertz CT molecular complexity index is 1080. The quantitative estimate of drug-likeness (QED) is 0.524. The Labute approximate surface area is 219 Å². The molecule has 200 valence electrons. The number of piperidine rings is 2. The molecule has 2 heterocycles. The first-order valence-electron chi connectivity index (χ1n) is 13.2. The van der Waals surface area contributed by atoms with E-state index in [-0.39, 0.29) is 30.4 Å². The maximum absolute atomic E-state index is 12.9. The number of benzene rings is 2. The Morgan fingerprint density at radius 3 is 2.24 bits per heavy atom. The molecular weight excluding hydrogens is 468 g/mol. The Kier molecular flexibility index (Phi) is 9.32. The van der Waals surface area contributed by atoms with Crippen molar-refractivity contribution in [3.05, 3.63) is 59.2 Å². The summed E-state index contributed by atoms with van der Waals surface area (Å²) in [6.45, 7) is 4.23. The predicted octanol–water partition coefficient (Wildman–Crippen LogP) is 2.63. The minimum Gasteiger partial charge on any atom is -0.469 e. The van der Waals surface area contributed by atoms with Gasteiger partial charge in [-0.1, -0.05) is 36.4 Å². The minimum atomic E-state index is -0.484. The van der Waals surface area contributed by atoms with Crippen LogP contribution in [-0.2, 0) is 32.0 Å². The number of nitrogens with two attached hydrogens (primary N) is 2. The first-order valence-corrected chi connectivity index (χ1v) is 13.2. The van der Waals surface area contributed by atoms with Crippen molar-refractivity contribution in [3.8, 4) is 11.1 Å². The highest BCUT2D eigenvalue weighted by atomic mass is 16.5. The fourth-order valence-electron chi connectivity index (χ4n) is 5.39. The van der Waals surface area contributed by atoms with E-state index in [0.29, 0.717) is 0 Å². The van der Waals surface area contributed by atoms with Crippen LogP contribution in [0.1, 0.15) is 48.4 Å². The molecular formula is C29H40N4O4. The predicted molar refractivity (Wildman–Crippen MR) is 144 cm³/mol. The van der Waals surface area contributed by atoms with Crippen LogP contribution in [0.2, 0.25) is 0 Å². The standard InChI is InChI=1S/C29H40N4O4/c1-36-27(34)17-20-6-7-23(19-32-12-8-24(30)9-13-32)26(16-20)21-4-3-5-22(18-21)28(29(35)37-2)33-14-10-25(31)11-15-33/h3-7,16,18,24-25,28H,8-15,17,19,30-31H2,1-2H3. The number of methoxy groups -OCH3 is 2. The van der Waals surface area contributed by atoms with Gasteiger partial charge in [0.15, 0.2) is 0 Å². The summed E-state index contributed by atoms with van der Waals surface area (Å²) in [5.41, 5.74) is 17.3. The highest BCUT2D eigenvalue weighted by molar-refractivity contribution is 5.79. The van der Waals surface area contributed by atoms with Gasteiger partial charge in [0.2, 0.25) is 0 Å². The van der Waals surface area contributed by atoms with Crippen molar-refractivity contribution in [2.45, 2.75) is 56.8 Å². The van der Waals surface area contributed by atoms with Crippen molar-refractivity contribution in [1.82, 2.24) is 9.80 Å². The van der Waals surface area contributed by atoms with E-state index in [1.165, 1.54) is 19.8 Å².